The summed E-state index contributed by atoms with van der Waals surface area (Å²) in [6.07, 6.45) is 3.27. The largest absolute Gasteiger partial charge is 0.463 e. The van der Waals surface area contributed by atoms with Crippen LogP contribution < -0.4 is 10.6 Å². The highest BCUT2D eigenvalue weighted by Crippen LogP contribution is 2.16. The Hall–Kier alpha value is -2.63. The summed E-state index contributed by atoms with van der Waals surface area (Å²) in [5.74, 6) is 0.228. The van der Waals surface area contributed by atoms with Crippen LogP contribution in [0.4, 0.5) is 0 Å². The Morgan fingerprint density at radius 3 is 2.70 bits per heavy atom. The van der Waals surface area contributed by atoms with E-state index >= 15 is 0 Å². The van der Waals surface area contributed by atoms with Crippen molar-refractivity contribution in [3.8, 4) is 11.5 Å². The summed E-state index contributed by atoms with van der Waals surface area (Å²) in [4.78, 5) is 26.3. The van der Waals surface area contributed by atoms with E-state index in [9.17, 15) is 9.59 Å². The molecule has 0 saturated carbocycles. The van der Waals surface area contributed by atoms with Crippen molar-refractivity contribution in [2.24, 2.45) is 0 Å². The molecule has 0 aliphatic carbocycles. The van der Waals surface area contributed by atoms with Gasteiger partial charge >= 0.3 is 0 Å². The number of amides is 2. The van der Waals surface area contributed by atoms with Crippen LogP contribution in [0.15, 0.2) is 41.1 Å². The van der Waals surface area contributed by atoms with Gasteiger partial charge in [-0.15, -0.1) is 0 Å². The molecule has 6 nitrogen and oxygen atoms in total. The minimum atomic E-state index is -0.240. The van der Waals surface area contributed by atoms with Gasteiger partial charge in [-0.3, -0.25) is 14.6 Å². The molecule has 2 N–H and O–H groups in total. The van der Waals surface area contributed by atoms with E-state index in [1.54, 1.807) is 18.5 Å². The fraction of sp³-hybridized carbons (Fsp3) is 0.214. The van der Waals surface area contributed by atoms with Gasteiger partial charge in [0.2, 0.25) is 11.8 Å². The van der Waals surface area contributed by atoms with Gasteiger partial charge in [-0.1, -0.05) is 6.07 Å². The van der Waals surface area contributed by atoms with Crippen molar-refractivity contribution in [1.82, 2.24) is 15.6 Å². The van der Waals surface area contributed by atoms with E-state index in [-0.39, 0.29) is 18.4 Å². The highest BCUT2D eigenvalue weighted by molar-refractivity contribution is 5.83. The summed E-state index contributed by atoms with van der Waals surface area (Å²) in [5, 5.41) is 5.12. The molecule has 0 radical (unpaired) electrons. The van der Waals surface area contributed by atoms with Crippen LogP contribution in [0.1, 0.15) is 12.5 Å². The molecule has 0 spiro atoms. The molecule has 0 fully saturated rings. The molecule has 104 valence electrons. The summed E-state index contributed by atoms with van der Waals surface area (Å²) in [6.45, 7) is 1.71. The Balaban J connectivity index is 1.85. The van der Waals surface area contributed by atoms with Crippen molar-refractivity contribution in [2.45, 2.75) is 13.5 Å². The summed E-state index contributed by atoms with van der Waals surface area (Å²) in [6, 6.07) is 7.32. The number of furan rings is 1. The van der Waals surface area contributed by atoms with Crippen molar-refractivity contribution in [3.05, 3.63) is 42.3 Å². The molecule has 2 aromatic heterocycles. The van der Waals surface area contributed by atoms with E-state index in [0.717, 1.165) is 11.3 Å². The Morgan fingerprint density at radius 2 is 2.10 bits per heavy atom. The first-order valence-electron chi connectivity index (χ1n) is 6.15. The molecular formula is C14H15N3O3. The lowest BCUT2D eigenvalue weighted by Crippen LogP contribution is -2.35. The SMILES string of the molecule is CC(=O)NCC(=O)NCc1ccc(-c2ccco2)nc1. The molecule has 0 aliphatic rings. The Morgan fingerprint density at radius 1 is 1.25 bits per heavy atom. The molecule has 0 saturated heterocycles. The van der Waals surface area contributed by atoms with E-state index in [0.29, 0.717) is 12.3 Å². The summed E-state index contributed by atoms with van der Waals surface area (Å²) in [7, 11) is 0. The van der Waals surface area contributed by atoms with Gasteiger partial charge in [0.05, 0.1) is 12.8 Å². The molecule has 0 unspecified atom stereocenters. The number of nitrogens with one attached hydrogen (secondary N) is 2. The summed E-state index contributed by atoms with van der Waals surface area (Å²) in [5.41, 5.74) is 1.61. The van der Waals surface area contributed by atoms with Gasteiger partial charge in [0.25, 0.3) is 0 Å². The smallest absolute Gasteiger partial charge is 0.239 e. The lowest BCUT2D eigenvalue weighted by molar-refractivity contribution is -0.125. The fourth-order valence-electron chi connectivity index (χ4n) is 1.57. The number of aromatic nitrogens is 1. The number of carbonyl (C=O) groups is 2. The van der Waals surface area contributed by atoms with Crippen LogP contribution >= 0.6 is 0 Å². The predicted octanol–water partition coefficient (Wildman–Crippen LogP) is 1.09. The third kappa shape index (κ3) is 3.94. The Kier molecular flexibility index (Phi) is 4.49. The van der Waals surface area contributed by atoms with Gasteiger partial charge in [-0.25, -0.2) is 0 Å². The molecule has 2 heterocycles. The molecule has 0 aromatic carbocycles. The molecule has 6 heteroatoms. The number of carbonyl (C=O) groups excluding carboxylic acids is 2. The average molecular weight is 273 g/mol. The maximum Gasteiger partial charge on any atom is 0.239 e. The van der Waals surface area contributed by atoms with Gasteiger partial charge in [0.1, 0.15) is 5.69 Å². The second-order valence-corrected chi connectivity index (χ2v) is 4.22. The van der Waals surface area contributed by atoms with Crippen molar-refractivity contribution in [3.63, 3.8) is 0 Å². The second kappa shape index (κ2) is 6.51. The van der Waals surface area contributed by atoms with Crippen LogP contribution in [-0.2, 0) is 16.1 Å². The first kappa shape index (κ1) is 13.8. The van der Waals surface area contributed by atoms with Gasteiger partial charge in [0, 0.05) is 19.7 Å². The molecule has 0 bridgehead atoms. The Bertz CT molecular complexity index is 576. The third-order valence-corrected chi connectivity index (χ3v) is 2.59. The highest BCUT2D eigenvalue weighted by Gasteiger charge is 2.04. The van der Waals surface area contributed by atoms with E-state index in [1.807, 2.05) is 18.2 Å². The molecular weight excluding hydrogens is 258 g/mol. The van der Waals surface area contributed by atoms with Crippen LogP contribution in [0.5, 0.6) is 0 Å². The molecule has 2 amide bonds. The lowest BCUT2D eigenvalue weighted by atomic mass is 10.2. The highest BCUT2D eigenvalue weighted by atomic mass is 16.3. The summed E-state index contributed by atoms with van der Waals surface area (Å²) >= 11 is 0. The van der Waals surface area contributed by atoms with Crippen LogP contribution in [0, 0.1) is 0 Å². The van der Waals surface area contributed by atoms with Gasteiger partial charge in [0.15, 0.2) is 5.76 Å². The van der Waals surface area contributed by atoms with Crippen molar-refractivity contribution < 1.29 is 14.0 Å². The second-order valence-electron chi connectivity index (χ2n) is 4.22. The molecule has 2 aromatic rings. The van der Waals surface area contributed by atoms with Crippen molar-refractivity contribution in [1.29, 1.82) is 0 Å². The number of nitrogens with zero attached hydrogens (tertiary/aromatic N) is 1. The van der Waals surface area contributed by atoms with E-state index in [1.165, 1.54) is 6.92 Å². The maximum absolute atomic E-state index is 11.4. The zero-order chi connectivity index (χ0) is 14.4. The molecule has 0 atom stereocenters. The molecule has 20 heavy (non-hydrogen) atoms. The maximum atomic E-state index is 11.4. The minimum absolute atomic E-state index is 0.0206. The lowest BCUT2D eigenvalue weighted by Gasteiger charge is -2.06. The van der Waals surface area contributed by atoms with Gasteiger partial charge in [-0.05, 0) is 23.8 Å². The third-order valence-electron chi connectivity index (χ3n) is 2.59. The van der Waals surface area contributed by atoms with Crippen LogP contribution in [-0.4, -0.2) is 23.3 Å². The van der Waals surface area contributed by atoms with Gasteiger partial charge < -0.3 is 15.1 Å². The first-order chi connectivity index (χ1) is 9.65. The van der Waals surface area contributed by atoms with E-state index < -0.39 is 0 Å². The van der Waals surface area contributed by atoms with Crippen molar-refractivity contribution >= 4 is 11.8 Å². The van der Waals surface area contributed by atoms with Gasteiger partial charge in [-0.2, -0.15) is 0 Å². The minimum Gasteiger partial charge on any atom is -0.463 e. The quantitative estimate of drug-likeness (QED) is 0.854. The van der Waals surface area contributed by atoms with Crippen LogP contribution in [0.3, 0.4) is 0 Å². The zero-order valence-corrected chi connectivity index (χ0v) is 11.1. The number of hydrogen-bond acceptors (Lipinski definition) is 4. The standard InChI is InChI=1S/C14H15N3O3/c1-10(18)15-9-14(19)17-8-11-4-5-12(16-7-11)13-3-2-6-20-13/h2-7H,8-9H2,1H3,(H,15,18)(H,17,19). The number of hydrogen-bond donors (Lipinski definition) is 2. The predicted molar refractivity (Wildman–Crippen MR) is 72.5 cm³/mol. The van der Waals surface area contributed by atoms with E-state index in [2.05, 4.69) is 15.6 Å². The zero-order valence-electron chi connectivity index (χ0n) is 11.1. The fourth-order valence-corrected chi connectivity index (χ4v) is 1.57. The Labute approximate surface area is 116 Å². The average Bonchev–Trinajstić information content (AvgIpc) is 2.97. The molecule has 0 aliphatic heterocycles. The molecule has 2 rings (SSSR count). The van der Waals surface area contributed by atoms with E-state index in [4.69, 9.17) is 4.42 Å². The monoisotopic (exact) mass is 273 g/mol. The van der Waals surface area contributed by atoms with Crippen molar-refractivity contribution in [2.75, 3.05) is 6.54 Å². The first-order valence-corrected chi connectivity index (χ1v) is 6.15. The summed E-state index contributed by atoms with van der Waals surface area (Å²) < 4.78 is 5.24. The number of rotatable bonds is 5. The van der Waals surface area contributed by atoms with Crippen LogP contribution in [0.25, 0.3) is 11.5 Å². The van der Waals surface area contributed by atoms with Crippen LogP contribution in [0.2, 0.25) is 0 Å². The topological polar surface area (TPSA) is 84.2 Å². The number of pyridine rings is 1. The normalized spacial score (nSPS) is 10.1.